The smallest absolute Gasteiger partial charge is 0.269 e. The Bertz CT molecular complexity index is 829. The fraction of sp³-hybridized carbons (Fsp3) is 0.250. The number of rotatable bonds is 5. The Balaban J connectivity index is 1.77. The molecule has 0 aliphatic rings. The summed E-state index contributed by atoms with van der Waals surface area (Å²) in [6, 6.07) is 5.92. The van der Waals surface area contributed by atoms with Crippen LogP contribution in [0.5, 0.6) is 0 Å². The first-order valence-electron chi connectivity index (χ1n) is 6.52. The van der Waals surface area contributed by atoms with Gasteiger partial charge in [0.05, 0.1) is 10.2 Å². The number of nitrogens with zero attached hydrogens (tertiary/aromatic N) is 7. The lowest BCUT2D eigenvalue weighted by Crippen LogP contribution is -1.96. The summed E-state index contributed by atoms with van der Waals surface area (Å²) < 4.78 is 7.18. The van der Waals surface area contributed by atoms with Crippen LogP contribution in [0.25, 0.3) is 11.5 Å². The van der Waals surface area contributed by atoms with E-state index in [1.165, 1.54) is 23.9 Å². The number of hydrogen-bond donors (Lipinski definition) is 0. The molecule has 11 heteroatoms. The second kappa shape index (κ2) is 6.12. The van der Waals surface area contributed by atoms with E-state index < -0.39 is 4.92 Å². The maximum Gasteiger partial charge on any atom is 0.269 e. The number of nitro groups is 1. The normalized spacial score (nSPS) is 12.3. The molecule has 0 fully saturated rings. The minimum atomic E-state index is -0.462. The van der Waals surface area contributed by atoms with Crippen LogP contribution in [0.15, 0.2) is 33.8 Å². The lowest BCUT2D eigenvalue weighted by molar-refractivity contribution is -0.384. The molecule has 1 atom stereocenters. The largest absolute Gasteiger partial charge is 0.419 e. The van der Waals surface area contributed by atoms with Crippen LogP contribution in [0.4, 0.5) is 5.69 Å². The highest BCUT2D eigenvalue weighted by atomic mass is 32.2. The molecule has 0 N–H and O–H groups in total. The Hall–Kier alpha value is -2.82. The van der Waals surface area contributed by atoms with E-state index in [2.05, 4.69) is 25.7 Å². The Morgan fingerprint density at radius 2 is 2.00 bits per heavy atom. The molecule has 0 aliphatic heterocycles. The molecule has 3 aromatic rings. The van der Waals surface area contributed by atoms with Crippen molar-refractivity contribution in [3.8, 4) is 11.5 Å². The van der Waals surface area contributed by atoms with Gasteiger partial charge in [-0.3, -0.25) is 10.1 Å². The highest BCUT2D eigenvalue weighted by Gasteiger charge is 2.19. The summed E-state index contributed by atoms with van der Waals surface area (Å²) >= 11 is 1.39. The van der Waals surface area contributed by atoms with Crippen LogP contribution in [-0.4, -0.2) is 35.3 Å². The SMILES string of the molecule is CC(Sc1nnnn1C)c1nnc(-c2ccc([N+](=O)[O-])cc2)o1. The highest BCUT2D eigenvalue weighted by Crippen LogP contribution is 2.33. The number of tetrazole rings is 1. The van der Waals surface area contributed by atoms with E-state index in [4.69, 9.17) is 4.42 Å². The van der Waals surface area contributed by atoms with Crippen molar-refractivity contribution in [3.05, 3.63) is 40.3 Å². The summed E-state index contributed by atoms with van der Waals surface area (Å²) in [5, 5.41) is 30.3. The van der Waals surface area contributed by atoms with Gasteiger partial charge >= 0.3 is 0 Å². The van der Waals surface area contributed by atoms with Gasteiger partial charge in [0, 0.05) is 24.7 Å². The molecule has 118 valence electrons. The van der Waals surface area contributed by atoms with Gasteiger partial charge in [-0.05, 0) is 29.5 Å². The first-order valence-corrected chi connectivity index (χ1v) is 7.40. The molecule has 0 saturated heterocycles. The molecule has 2 aromatic heterocycles. The van der Waals surface area contributed by atoms with Gasteiger partial charge < -0.3 is 4.42 Å². The van der Waals surface area contributed by atoms with Crippen molar-refractivity contribution < 1.29 is 9.34 Å². The molecule has 1 aromatic carbocycles. The van der Waals surface area contributed by atoms with E-state index in [0.29, 0.717) is 22.5 Å². The first kappa shape index (κ1) is 15.1. The minimum Gasteiger partial charge on any atom is -0.419 e. The van der Waals surface area contributed by atoms with Crippen molar-refractivity contribution in [2.45, 2.75) is 17.3 Å². The molecular weight excluding hydrogens is 322 g/mol. The van der Waals surface area contributed by atoms with Crippen LogP contribution in [0.1, 0.15) is 18.1 Å². The summed E-state index contributed by atoms with van der Waals surface area (Å²) in [7, 11) is 1.74. The Kier molecular flexibility index (Phi) is 4.02. The van der Waals surface area contributed by atoms with E-state index in [-0.39, 0.29) is 10.9 Å². The Labute approximate surface area is 134 Å². The first-order chi connectivity index (χ1) is 11.0. The fourth-order valence-electron chi connectivity index (χ4n) is 1.77. The fourth-order valence-corrected chi connectivity index (χ4v) is 2.56. The molecule has 0 spiro atoms. The zero-order valence-electron chi connectivity index (χ0n) is 12.2. The van der Waals surface area contributed by atoms with Gasteiger partial charge in [0.15, 0.2) is 0 Å². The molecule has 0 amide bonds. The van der Waals surface area contributed by atoms with Gasteiger partial charge in [-0.15, -0.1) is 15.3 Å². The van der Waals surface area contributed by atoms with Crippen LogP contribution < -0.4 is 0 Å². The number of non-ortho nitro benzene ring substituents is 1. The monoisotopic (exact) mass is 333 g/mol. The minimum absolute atomic E-state index is 0.00666. The van der Waals surface area contributed by atoms with Crippen LogP contribution in [0.3, 0.4) is 0 Å². The highest BCUT2D eigenvalue weighted by molar-refractivity contribution is 7.99. The Morgan fingerprint density at radius 1 is 1.26 bits per heavy atom. The number of hydrogen-bond acceptors (Lipinski definition) is 9. The average molecular weight is 333 g/mol. The van der Waals surface area contributed by atoms with Crippen molar-refractivity contribution in [1.82, 2.24) is 30.4 Å². The summed E-state index contributed by atoms with van der Waals surface area (Å²) in [4.78, 5) is 10.2. The van der Waals surface area contributed by atoms with E-state index >= 15 is 0 Å². The molecular formula is C12H11N7O3S. The van der Waals surface area contributed by atoms with Crippen molar-refractivity contribution >= 4 is 17.4 Å². The maximum atomic E-state index is 10.7. The summed E-state index contributed by atoms with van der Waals surface area (Å²) in [6.07, 6.45) is 0. The predicted octanol–water partition coefficient (Wildman–Crippen LogP) is 2.02. The molecule has 2 heterocycles. The van der Waals surface area contributed by atoms with Gasteiger partial charge in [-0.2, -0.15) is 0 Å². The molecule has 10 nitrogen and oxygen atoms in total. The standard InChI is InChI=1S/C12H11N7O3S/c1-7(23-12-15-16-17-18(12)2)10-13-14-11(22-10)8-3-5-9(6-4-8)19(20)21/h3-7H,1-2H3. The molecule has 0 radical (unpaired) electrons. The van der Waals surface area contributed by atoms with Gasteiger partial charge in [0.2, 0.25) is 16.9 Å². The summed E-state index contributed by atoms with van der Waals surface area (Å²) in [5.41, 5.74) is 0.624. The third-order valence-electron chi connectivity index (χ3n) is 2.98. The molecule has 3 rings (SSSR count). The van der Waals surface area contributed by atoms with Gasteiger partial charge in [0.25, 0.3) is 5.69 Å². The topological polar surface area (TPSA) is 126 Å². The third-order valence-corrected chi connectivity index (χ3v) is 4.09. The maximum absolute atomic E-state index is 10.7. The van der Waals surface area contributed by atoms with Crippen molar-refractivity contribution in [1.29, 1.82) is 0 Å². The van der Waals surface area contributed by atoms with Crippen molar-refractivity contribution in [2.75, 3.05) is 0 Å². The quantitative estimate of drug-likeness (QED) is 0.391. The number of nitro benzene ring substituents is 1. The lowest BCUT2D eigenvalue weighted by atomic mass is 10.2. The second-order valence-corrected chi connectivity index (χ2v) is 5.90. The van der Waals surface area contributed by atoms with Crippen LogP contribution in [-0.2, 0) is 7.05 Å². The van der Waals surface area contributed by atoms with Crippen molar-refractivity contribution in [3.63, 3.8) is 0 Å². The van der Waals surface area contributed by atoms with E-state index in [1.54, 1.807) is 23.9 Å². The van der Waals surface area contributed by atoms with Gasteiger partial charge in [-0.25, -0.2) is 4.68 Å². The third kappa shape index (κ3) is 3.18. The predicted molar refractivity (Wildman–Crippen MR) is 79.5 cm³/mol. The number of aromatic nitrogens is 6. The van der Waals surface area contributed by atoms with Crippen LogP contribution in [0.2, 0.25) is 0 Å². The molecule has 1 unspecified atom stereocenters. The van der Waals surface area contributed by atoms with Gasteiger partial charge in [-0.1, -0.05) is 11.8 Å². The number of aryl methyl sites for hydroxylation is 1. The van der Waals surface area contributed by atoms with Crippen molar-refractivity contribution in [2.24, 2.45) is 7.05 Å². The summed E-state index contributed by atoms with van der Waals surface area (Å²) in [6.45, 7) is 1.90. The second-order valence-electron chi connectivity index (χ2n) is 4.59. The molecule has 0 saturated carbocycles. The number of benzene rings is 1. The van der Waals surface area contributed by atoms with E-state index in [0.717, 1.165) is 0 Å². The lowest BCUT2D eigenvalue weighted by Gasteiger charge is -2.03. The van der Waals surface area contributed by atoms with E-state index in [9.17, 15) is 10.1 Å². The zero-order chi connectivity index (χ0) is 16.4. The van der Waals surface area contributed by atoms with E-state index in [1.807, 2.05) is 6.92 Å². The molecule has 0 aliphatic carbocycles. The number of thioether (sulfide) groups is 1. The zero-order valence-corrected chi connectivity index (χ0v) is 13.0. The average Bonchev–Trinajstić information content (AvgIpc) is 3.17. The van der Waals surface area contributed by atoms with Crippen LogP contribution >= 0.6 is 11.8 Å². The van der Waals surface area contributed by atoms with Crippen LogP contribution in [0, 0.1) is 10.1 Å². The van der Waals surface area contributed by atoms with Gasteiger partial charge in [0.1, 0.15) is 0 Å². The summed E-state index contributed by atoms with van der Waals surface area (Å²) in [5.74, 6) is 0.727. The molecule has 0 bridgehead atoms. The Morgan fingerprint density at radius 3 is 2.61 bits per heavy atom. The molecule has 23 heavy (non-hydrogen) atoms.